The van der Waals surface area contributed by atoms with Gasteiger partial charge < -0.3 is 11.1 Å². The van der Waals surface area contributed by atoms with Crippen LogP contribution in [0.2, 0.25) is 0 Å². The Morgan fingerprint density at radius 3 is 2.49 bits per heavy atom. The predicted octanol–water partition coefficient (Wildman–Crippen LogP) is 5.15. The van der Waals surface area contributed by atoms with Crippen molar-refractivity contribution in [2.75, 3.05) is 24.1 Å². The summed E-state index contributed by atoms with van der Waals surface area (Å²) in [6.07, 6.45) is 7.13. The van der Waals surface area contributed by atoms with E-state index in [0.29, 0.717) is 17.7 Å². The number of likely N-dealkylation sites (tertiary alicyclic amines) is 1. The second-order valence-electron chi connectivity index (χ2n) is 11.2. The molecule has 1 aliphatic rings. The van der Waals surface area contributed by atoms with Gasteiger partial charge >= 0.3 is 0 Å². The van der Waals surface area contributed by atoms with Crippen LogP contribution < -0.4 is 11.1 Å². The number of piperidine rings is 1. The van der Waals surface area contributed by atoms with Crippen LogP contribution in [-0.2, 0) is 6.54 Å². The van der Waals surface area contributed by atoms with Crippen molar-refractivity contribution in [3.63, 3.8) is 0 Å². The first-order chi connectivity index (χ1) is 22.0. The molecule has 0 spiro atoms. The fraction of sp³-hybridized carbons (Fsp3) is 0.206. The third-order valence-corrected chi connectivity index (χ3v) is 8.11. The van der Waals surface area contributed by atoms with Crippen molar-refractivity contribution in [2.24, 2.45) is 0 Å². The molecule has 0 unspecified atom stereocenters. The van der Waals surface area contributed by atoms with Gasteiger partial charge in [-0.1, -0.05) is 24.3 Å². The lowest BCUT2D eigenvalue weighted by molar-refractivity contribution is 0.211. The lowest BCUT2D eigenvalue weighted by atomic mass is 10.0. The summed E-state index contributed by atoms with van der Waals surface area (Å²) >= 11 is 0. The van der Waals surface area contributed by atoms with Crippen LogP contribution in [0.4, 0.5) is 11.6 Å². The highest BCUT2D eigenvalue weighted by molar-refractivity contribution is 5.86. The molecule has 0 amide bonds. The van der Waals surface area contributed by atoms with Crippen LogP contribution in [0.15, 0.2) is 85.3 Å². The molecule has 0 aliphatic carbocycles. The molecule has 1 aromatic carbocycles. The van der Waals surface area contributed by atoms with Gasteiger partial charge in [0.25, 0.3) is 0 Å². The standard InChI is InChI=1S/C34H31N11/c1-22-4-7-25(20-39-22)28-10-11-31-42-32(27-3-2-15-38-34(27)36)33(45(31)43-28)24-8-5-23(6-9-24)21-44-17-13-26(14-18-44)40-29-12-16-37-30(19-35)41-29/h2-12,15-16,20,26H,13-14,17-18,21H2,1H3,(H2,36,38)(H,37,40,41). The molecule has 1 aliphatic heterocycles. The number of rotatable bonds is 7. The molecule has 0 radical (unpaired) electrons. The number of aryl methyl sites for hydroxylation is 1. The molecule has 45 heavy (non-hydrogen) atoms. The van der Waals surface area contributed by atoms with Crippen LogP contribution in [0.3, 0.4) is 0 Å². The second kappa shape index (κ2) is 12.1. The van der Waals surface area contributed by atoms with E-state index in [9.17, 15) is 0 Å². The minimum absolute atomic E-state index is 0.181. The lowest BCUT2D eigenvalue weighted by Crippen LogP contribution is -2.38. The molecule has 0 saturated carbocycles. The normalized spacial score (nSPS) is 14.0. The summed E-state index contributed by atoms with van der Waals surface area (Å²) in [4.78, 5) is 24.4. The number of aromatic nitrogens is 7. The first-order valence-electron chi connectivity index (χ1n) is 14.9. The molecule has 6 aromatic rings. The van der Waals surface area contributed by atoms with Gasteiger partial charge in [0.15, 0.2) is 5.65 Å². The number of hydrogen-bond donors (Lipinski definition) is 2. The largest absolute Gasteiger partial charge is 0.383 e. The van der Waals surface area contributed by atoms with Gasteiger partial charge in [-0.05, 0) is 67.8 Å². The zero-order valence-electron chi connectivity index (χ0n) is 24.8. The van der Waals surface area contributed by atoms with Crippen molar-refractivity contribution in [3.05, 3.63) is 102 Å². The van der Waals surface area contributed by atoms with Crippen LogP contribution in [0.1, 0.15) is 29.9 Å². The molecular formula is C34H31N11. The minimum Gasteiger partial charge on any atom is -0.383 e. The lowest BCUT2D eigenvalue weighted by Gasteiger charge is -2.32. The number of nitrogens with two attached hydrogens (primary N) is 1. The number of nitrogens with zero attached hydrogens (tertiary/aromatic N) is 9. The highest BCUT2D eigenvalue weighted by Crippen LogP contribution is 2.35. The van der Waals surface area contributed by atoms with Gasteiger partial charge in [-0.25, -0.2) is 24.5 Å². The summed E-state index contributed by atoms with van der Waals surface area (Å²) in [5, 5.41) is 17.5. The monoisotopic (exact) mass is 593 g/mol. The molecule has 11 heteroatoms. The van der Waals surface area contributed by atoms with Crippen LogP contribution in [0, 0.1) is 18.3 Å². The maximum atomic E-state index is 9.07. The van der Waals surface area contributed by atoms with E-state index in [0.717, 1.165) is 77.6 Å². The van der Waals surface area contributed by atoms with Crippen molar-refractivity contribution in [1.29, 1.82) is 5.26 Å². The van der Waals surface area contributed by atoms with Gasteiger partial charge in [-0.3, -0.25) is 9.88 Å². The molecule has 0 atom stereocenters. The summed E-state index contributed by atoms with van der Waals surface area (Å²) in [5.74, 6) is 1.30. The number of nitrogen functional groups attached to an aromatic ring is 1. The van der Waals surface area contributed by atoms with Crippen molar-refractivity contribution < 1.29 is 0 Å². The molecule has 1 fully saturated rings. The van der Waals surface area contributed by atoms with Crippen molar-refractivity contribution in [1.82, 2.24) is 39.4 Å². The number of nitriles is 1. The zero-order chi connectivity index (χ0) is 30.8. The molecule has 11 nitrogen and oxygen atoms in total. The molecule has 7 rings (SSSR count). The molecule has 1 saturated heterocycles. The number of fused-ring (bicyclic) bond motifs is 1. The minimum atomic E-state index is 0.181. The van der Waals surface area contributed by atoms with E-state index >= 15 is 0 Å². The fourth-order valence-electron chi connectivity index (χ4n) is 5.73. The summed E-state index contributed by atoms with van der Waals surface area (Å²) in [5.41, 5.74) is 14.3. The first-order valence-corrected chi connectivity index (χ1v) is 14.9. The Morgan fingerprint density at radius 1 is 0.911 bits per heavy atom. The van der Waals surface area contributed by atoms with E-state index < -0.39 is 0 Å². The smallest absolute Gasteiger partial charge is 0.234 e. The third-order valence-electron chi connectivity index (χ3n) is 8.11. The molecule has 5 aromatic heterocycles. The van der Waals surface area contributed by atoms with Crippen LogP contribution in [0.25, 0.3) is 39.4 Å². The summed E-state index contributed by atoms with van der Waals surface area (Å²) < 4.78 is 1.89. The highest BCUT2D eigenvalue weighted by Gasteiger charge is 2.22. The molecule has 3 N–H and O–H groups in total. The van der Waals surface area contributed by atoms with Gasteiger partial charge in [-0.15, -0.1) is 0 Å². The van der Waals surface area contributed by atoms with E-state index in [1.807, 2.05) is 66.2 Å². The fourth-order valence-corrected chi connectivity index (χ4v) is 5.73. The Morgan fingerprint density at radius 2 is 1.73 bits per heavy atom. The Hall–Kier alpha value is -5.73. The average molecular weight is 594 g/mol. The molecule has 6 heterocycles. The number of imidazole rings is 1. The zero-order valence-corrected chi connectivity index (χ0v) is 24.8. The topological polar surface area (TPSA) is 147 Å². The van der Waals surface area contributed by atoms with Gasteiger partial charge in [0, 0.05) is 66.7 Å². The Balaban J connectivity index is 1.13. The Labute approximate surface area is 260 Å². The van der Waals surface area contributed by atoms with E-state index in [1.54, 1.807) is 12.4 Å². The van der Waals surface area contributed by atoms with E-state index in [2.05, 4.69) is 54.4 Å². The Kier molecular flexibility index (Phi) is 7.55. The summed E-state index contributed by atoms with van der Waals surface area (Å²) in [7, 11) is 0. The predicted molar refractivity (Wildman–Crippen MR) is 173 cm³/mol. The molecule has 0 bridgehead atoms. The second-order valence-corrected chi connectivity index (χ2v) is 11.2. The highest BCUT2D eigenvalue weighted by atomic mass is 15.3. The van der Waals surface area contributed by atoms with Crippen molar-refractivity contribution in [2.45, 2.75) is 32.4 Å². The van der Waals surface area contributed by atoms with E-state index in [1.165, 1.54) is 5.56 Å². The maximum Gasteiger partial charge on any atom is 0.234 e. The number of hydrogen-bond acceptors (Lipinski definition) is 10. The number of benzene rings is 1. The average Bonchev–Trinajstić information content (AvgIpc) is 3.45. The maximum absolute atomic E-state index is 9.07. The van der Waals surface area contributed by atoms with Gasteiger partial charge in [-0.2, -0.15) is 10.4 Å². The van der Waals surface area contributed by atoms with Crippen LogP contribution in [0.5, 0.6) is 0 Å². The van der Waals surface area contributed by atoms with Gasteiger partial charge in [0.05, 0.1) is 5.69 Å². The van der Waals surface area contributed by atoms with Gasteiger partial charge in [0.1, 0.15) is 29.1 Å². The molecule has 222 valence electrons. The molecular weight excluding hydrogens is 562 g/mol. The first kappa shape index (κ1) is 28.1. The summed E-state index contributed by atoms with van der Waals surface area (Å²) in [6, 6.07) is 24.5. The van der Waals surface area contributed by atoms with Crippen LogP contribution >= 0.6 is 0 Å². The number of pyridine rings is 2. The number of nitrogens with one attached hydrogen (secondary N) is 1. The van der Waals surface area contributed by atoms with Crippen molar-refractivity contribution in [3.8, 4) is 39.8 Å². The van der Waals surface area contributed by atoms with E-state index in [4.69, 9.17) is 21.1 Å². The van der Waals surface area contributed by atoms with Crippen molar-refractivity contribution >= 4 is 17.3 Å². The SMILES string of the molecule is Cc1ccc(-c2ccc3nc(-c4cccnc4N)c(-c4ccc(CN5CCC(Nc6ccnc(C#N)n6)CC5)cc4)n3n2)cn1. The van der Waals surface area contributed by atoms with Gasteiger partial charge in [0.2, 0.25) is 5.82 Å². The number of anilines is 2. The van der Waals surface area contributed by atoms with E-state index in [-0.39, 0.29) is 5.82 Å². The van der Waals surface area contributed by atoms with Crippen LogP contribution in [-0.4, -0.2) is 58.6 Å². The Bertz CT molecular complexity index is 2000. The quantitative estimate of drug-likeness (QED) is 0.255. The third kappa shape index (κ3) is 5.91. The summed E-state index contributed by atoms with van der Waals surface area (Å²) in [6.45, 7) is 4.76.